The van der Waals surface area contributed by atoms with Gasteiger partial charge in [0.05, 0.1) is 5.75 Å². The summed E-state index contributed by atoms with van der Waals surface area (Å²) in [6.07, 6.45) is 0. The number of anilines is 1. The van der Waals surface area contributed by atoms with Gasteiger partial charge in [-0.25, -0.2) is 8.78 Å². The average molecular weight is 422 g/mol. The molecule has 3 aromatic carbocycles. The number of thioether (sulfide) groups is 1. The molecule has 1 N–H and O–H groups in total. The van der Waals surface area contributed by atoms with Gasteiger partial charge < -0.3 is 5.32 Å². The molecule has 8 heteroatoms. The summed E-state index contributed by atoms with van der Waals surface area (Å²) >= 11 is 1.22. The predicted octanol–water partition coefficient (Wildman–Crippen LogP) is 4.94. The van der Waals surface area contributed by atoms with Gasteiger partial charge in [-0.15, -0.1) is 10.2 Å². The van der Waals surface area contributed by atoms with Gasteiger partial charge >= 0.3 is 0 Å². The van der Waals surface area contributed by atoms with E-state index < -0.39 is 0 Å². The van der Waals surface area contributed by atoms with Crippen molar-refractivity contribution in [2.24, 2.45) is 0 Å². The molecule has 4 aromatic rings. The summed E-state index contributed by atoms with van der Waals surface area (Å²) in [4.78, 5) is 12.3. The highest BCUT2D eigenvalue weighted by molar-refractivity contribution is 7.99. The van der Waals surface area contributed by atoms with E-state index in [1.807, 2.05) is 34.9 Å². The first-order chi connectivity index (χ1) is 14.6. The molecule has 150 valence electrons. The van der Waals surface area contributed by atoms with E-state index >= 15 is 0 Å². The number of hydrogen-bond donors (Lipinski definition) is 1. The van der Waals surface area contributed by atoms with E-state index in [0.29, 0.717) is 22.2 Å². The number of halogens is 2. The Labute approximate surface area is 175 Å². The number of carbonyl (C=O) groups excluding carboxylic acids is 1. The molecular weight excluding hydrogens is 406 g/mol. The van der Waals surface area contributed by atoms with Gasteiger partial charge in [-0.1, -0.05) is 30.0 Å². The second-order valence-corrected chi connectivity index (χ2v) is 7.27. The lowest BCUT2D eigenvalue weighted by Crippen LogP contribution is -2.14. The SMILES string of the molecule is O=C(CSc1nnc(-c2ccc(F)cc2)n1-c1ccccc1)Nc1ccc(F)cc1. The number of benzene rings is 3. The highest BCUT2D eigenvalue weighted by Crippen LogP contribution is 2.28. The van der Waals surface area contributed by atoms with Crippen LogP contribution in [0.1, 0.15) is 0 Å². The molecule has 1 amide bonds. The molecule has 0 atom stereocenters. The third-order valence-electron chi connectivity index (χ3n) is 4.21. The summed E-state index contributed by atoms with van der Waals surface area (Å²) in [5.41, 5.74) is 2.04. The van der Waals surface area contributed by atoms with E-state index in [1.54, 1.807) is 12.1 Å². The standard InChI is InChI=1S/C22H16F2N4OS/c23-16-8-6-15(7-9-16)21-26-27-22(28(21)19-4-2-1-3-5-19)30-14-20(29)25-18-12-10-17(24)11-13-18/h1-13H,14H2,(H,25,29). The number of para-hydroxylation sites is 1. The van der Waals surface area contributed by atoms with Gasteiger partial charge in [0.15, 0.2) is 11.0 Å². The largest absolute Gasteiger partial charge is 0.325 e. The molecule has 0 saturated carbocycles. The van der Waals surface area contributed by atoms with Crippen molar-refractivity contribution in [1.82, 2.24) is 14.8 Å². The molecule has 1 aromatic heterocycles. The molecule has 0 saturated heterocycles. The zero-order chi connectivity index (χ0) is 20.9. The number of amides is 1. The van der Waals surface area contributed by atoms with Crippen LogP contribution < -0.4 is 5.32 Å². The van der Waals surface area contributed by atoms with Crippen LogP contribution in [0.5, 0.6) is 0 Å². The number of rotatable bonds is 6. The molecule has 0 aliphatic carbocycles. The third-order valence-corrected chi connectivity index (χ3v) is 5.14. The van der Waals surface area contributed by atoms with E-state index in [1.165, 1.54) is 48.2 Å². The molecular formula is C22H16F2N4OS. The Balaban J connectivity index is 1.57. The van der Waals surface area contributed by atoms with Gasteiger partial charge in [-0.05, 0) is 60.7 Å². The number of nitrogens with one attached hydrogen (secondary N) is 1. The molecule has 0 bridgehead atoms. The van der Waals surface area contributed by atoms with Crippen LogP contribution in [0.2, 0.25) is 0 Å². The van der Waals surface area contributed by atoms with Crippen molar-refractivity contribution in [1.29, 1.82) is 0 Å². The molecule has 0 unspecified atom stereocenters. The highest BCUT2D eigenvalue weighted by Gasteiger charge is 2.17. The van der Waals surface area contributed by atoms with Crippen molar-refractivity contribution in [3.8, 4) is 17.1 Å². The van der Waals surface area contributed by atoms with Crippen molar-refractivity contribution in [2.75, 3.05) is 11.1 Å². The fraction of sp³-hybridized carbons (Fsp3) is 0.0455. The summed E-state index contributed by atoms with van der Waals surface area (Å²) in [5.74, 6) is -0.324. The first-order valence-electron chi connectivity index (χ1n) is 9.05. The van der Waals surface area contributed by atoms with Crippen molar-refractivity contribution in [3.63, 3.8) is 0 Å². The Hall–Kier alpha value is -3.52. The molecule has 0 radical (unpaired) electrons. The molecule has 4 rings (SSSR count). The zero-order valence-electron chi connectivity index (χ0n) is 15.6. The Morgan fingerprint density at radius 1 is 0.867 bits per heavy atom. The van der Waals surface area contributed by atoms with Crippen LogP contribution in [-0.2, 0) is 4.79 Å². The predicted molar refractivity (Wildman–Crippen MR) is 113 cm³/mol. The van der Waals surface area contributed by atoms with Gasteiger partial charge in [0.25, 0.3) is 0 Å². The van der Waals surface area contributed by atoms with Crippen LogP contribution in [0, 0.1) is 11.6 Å². The zero-order valence-corrected chi connectivity index (χ0v) is 16.4. The molecule has 0 spiro atoms. The Morgan fingerprint density at radius 3 is 2.17 bits per heavy atom. The van der Waals surface area contributed by atoms with Gasteiger partial charge in [0.2, 0.25) is 5.91 Å². The molecule has 5 nitrogen and oxygen atoms in total. The monoisotopic (exact) mass is 422 g/mol. The molecule has 0 fully saturated rings. The van der Waals surface area contributed by atoms with Crippen molar-refractivity contribution in [3.05, 3.63) is 90.5 Å². The van der Waals surface area contributed by atoms with Gasteiger partial charge in [0, 0.05) is 16.9 Å². The Kier molecular flexibility index (Phi) is 5.85. The highest BCUT2D eigenvalue weighted by atomic mass is 32.2. The third kappa shape index (κ3) is 4.55. The second-order valence-electron chi connectivity index (χ2n) is 6.33. The summed E-state index contributed by atoms with van der Waals surface area (Å²) in [6.45, 7) is 0. The first kappa shape index (κ1) is 19.8. The van der Waals surface area contributed by atoms with Gasteiger partial charge in [-0.3, -0.25) is 9.36 Å². The minimum atomic E-state index is -0.369. The lowest BCUT2D eigenvalue weighted by molar-refractivity contribution is -0.113. The second kappa shape index (κ2) is 8.87. The minimum Gasteiger partial charge on any atom is -0.325 e. The quantitative estimate of drug-likeness (QED) is 0.447. The van der Waals surface area contributed by atoms with Crippen LogP contribution in [0.25, 0.3) is 17.1 Å². The number of hydrogen-bond acceptors (Lipinski definition) is 4. The lowest BCUT2D eigenvalue weighted by Gasteiger charge is -2.10. The summed E-state index contributed by atoms with van der Waals surface area (Å²) in [7, 11) is 0. The smallest absolute Gasteiger partial charge is 0.234 e. The molecule has 0 aliphatic rings. The molecule has 0 aliphatic heterocycles. The fourth-order valence-electron chi connectivity index (χ4n) is 2.82. The van der Waals surface area contributed by atoms with Crippen LogP contribution in [-0.4, -0.2) is 26.4 Å². The van der Waals surface area contributed by atoms with Crippen LogP contribution in [0.15, 0.2) is 84.0 Å². The Bertz CT molecular complexity index is 1150. The van der Waals surface area contributed by atoms with Crippen molar-refractivity contribution >= 4 is 23.4 Å². The molecule has 1 heterocycles. The minimum absolute atomic E-state index is 0.0890. The van der Waals surface area contributed by atoms with E-state index in [-0.39, 0.29) is 23.3 Å². The van der Waals surface area contributed by atoms with Gasteiger partial charge in [-0.2, -0.15) is 0 Å². The van der Waals surface area contributed by atoms with E-state index in [2.05, 4.69) is 15.5 Å². The summed E-state index contributed by atoms with van der Waals surface area (Å²) in [5, 5.41) is 11.7. The number of aromatic nitrogens is 3. The summed E-state index contributed by atoms with van der Waals surface area (Å²) < 4.78 is 28.2. The van der Waals surface area contributed by atoms with E-state index in [4.69, 9.17) is 0 Å². The average Bonchev–Trinajstić information content (AvgIpc) is 3.19. The fourth-order valence-corrected chi connectivity index (χ4v) is 3.57. The number of nitrogens with zero attached hydrogens (tertiary/aromatic N) is 3. The summed E-state index contributed by atoms with van der Waals surface area (Å²) in [6, 6.07) is 21.0. The maximum Gasteiger partial charge on any atom is 0.234 e. The van der Waals surface area contributed by atoms with Crippen LogP contribution in [0.3, 0.4) is 0 Å². The van der Waals surface area contributed by atoms with E-state index in [0.717, 1.165) is 5.69 Å². The Morgan fingerprint density at radius 2 is 1.50 bits per heavy atom. The van der Waals surface area contributed by atoms with E-state index in [9.17, 15) is 13.6 Å². The molecule has 30 heavy (non-hydrogen) atoms. The lowest BCUT2D eigenvalue weighted by atomic mass is 10.2. The van der Waals surface area contributed by atoms with Gasteiger partial charge in [0.1, 0.15) is 11.6 Å². The maximum atomic E-state index is 13.3. The maximum absolute atomic E-state index is 13.3. The first-order valence-corrected chi connectivity index (χ1v) is 10.0. The van der Waals surface area contributed by atoms with Crippen molar-refractivity contribution < 1.29 is 13.6 Å². The van der Waals surface area contributed by atoms with Crippen LogP contribution >= 0.6 is 11.8 Å². The topological polar surface area (TPSA) is 59.8 Å². The van der Waals surface area contributed by atoms with Crippen LogP contribution in [0.4, 0.5) is 14.5 Å². The number of carbonyl (C=O) groups is 1. The van der Waals surface area contributed by atoms with Crippen molar-refractivity contribution in [2.45, 2.75) is 5.16 Å². The normalized spacial score (nSPS) is 10.7.